The summed E-state index contributed by atoms with van der Waals surface area (Å²) in [5.41, 5.74) is 6.52. The van der Waals surface area contributed by atoms with Crippen molar-refractivity contribution in [3.05, 3.63) is 21.4 Å². The van der Waals surface area contributed by atoms with Crippen LogP contribution in [-0.2, 0) is 11.2 Å². The van der Waals surface area contributed by atoms with E-state index in [4.69, 9.17) is 0 Å². The third-order valence-electron chi connectivity index (χ3n) is 6.36. The SMILES string of the molecule is CCc1sc(C(=O)NNC(=O)C2C[C@H]3CCC[C@@H](C2)C32SCCS2)cc1C. The van der Waals surface area contributed by atoms with Crippen molar-refractivity contribution in [2.75, 3.05) is 11.5 Å². The van der Waals surface area contributed by atoms with Crippen LogP contribution in [0.5, 0.6) is 0 Å². The van der Waals surface area contributed by atoms with Gasteiger partial charge in [0.25, 0.3) is 5.91 Å². The van der Waals surface area contributed by atoms with Crippen molar-refractivity contribution in [1.82, 2.24) is 10.9 Å². The molecule has 7 heteroatoms. The monoisotopic (exact) mass is 424 g/mol. The van der Waals surface area contributed by atoms with E-state index in [0.717, 1.165) is 24.8 Å². The van der Waals surface area contributed by atoms with E-state index >= 15 is 0 Å². The highest BCUT2D eigenvalue weighted by Crippen LogP contribution is 2.64. The van der Waals surface area contributed by atoms with Gasteiger partial charge in [-0.05, 0) is 62.5 Å². The van der Waals surface area contributed by atoms with Gasteiger partial charge in [0, 0.05) is 22.3 Å². The lowest BCUT2D eigenvalue weighted by Crippen LogP contribution is -2.52. The van der Waals surface area contributed by atoms with Crippen molar-refractivity contribution in [1.29, 1.82) is 0 Å². The lowest BCUT2D eigenvalue weighted by Gasteiger charge is -2.51. The molecule has 2 bridgehead atoms. The molecule has 3 fully saturated rings. The number of carbonyl (C=O) groups is 2. The summed E-state index contributed by atoms with van der Waals surface area (Å²) in [5.74, 6) is 3.61. The minimum Gasteiger partial charge on any atom is -0.273 e. The summed E-state index contributed by atoms with van der Waals surface area (Å²) in [4.78, 5) is 27.0. The third kappa shape index (κ3) is 3.67. The second-order valence-corrected chi connectivity index (χ2v) is 12.1. The van der Waals surface area contributed by atoms with E-state index in [1.165, 1.54) is 47.0 Å². The number of rotatable bonds is 3. The maximum Gasteiger partial charge on any atom is 0.279 e. The van der Waals surface area contributed by atoms with Crippen LogP contribution in [0.3, 0.4) is 0 Å². The van der Waals surface area contributed by atoms with Crippen LogP contribution in [0.15, 0.2) is 6.07 Å². The molecule has 3 atom stereocenters. The molecule has 1 aromatic heterocycles. The van der Waals surface area contributed by atoms with Gasteiger partial charge in [0.15, 0.2) is 0 Å². The van der Waals surface area contributed by atoms with Crippen LogP contribution >= 0.6 is 34.9 Å². The smallest absolute Gasteiger partial charge is 0.273 e. The molecule has 4 nitrogen and oxygen atoms in total. The number of nitrogens with one attached hydrogen (secondary N) is 2. The molecule has 148 valence electrons. The molecule has 1 spiro atoms. The standard InChI is InChI=1S/C20H28N2O2S3/c1-3-16-12(2)9-17(27-16)19(24)22-21-18(23)13-10-14-5-4-6-15(11-13)20(14)25-7-8-26-20/h9,13-15H,3-8,10-11H2,1-2H3,(H,21,23)(H,22,24)/t13?,14-,15+. The van der Waals surface area contributed by atoms with Gasteiger partial charge in [-0.15, -0.1) is 34.9 Å². The van der Waals surface area contributed by atoms with Gasteiger partial charge in [0.1, 0.15) is 0 Å². The van der Waals surface area contributed by atoms with E-state index in [1.54, 1.807) is 0 Å². The fourth-order valence-corrected chi connectivity index (χ4v) is 10.0. The highest BCUT2D eigenvalue weighted by molar-refractivity contribution is 8.21. The number of thiophene rings is 1. The minimum absolute atomic E-state index is 0.00732. The Bertz CT molecular complexity index is 711. The number of hydrazine groups is 1. The van der Waals surface area contributed by atoms with E-state index in [1.807, 2.05) is 13.0 Å². The van der Waals surface area contributed by atoms with Crippen molar-refractivity contribution in [3.63, 3.8) is 0 Å². The second-order valence-electron chi connectivity index (χ2n) is 7.93. The summed E-state index contributed by atoms with van der Waals surface area (Å²) in [5, 5.41) is 0. The molecular formula is C20H28N2O2S3. The van der Waals surface area contributed by atoms with Crippen molar-refractivity contribution in [3.8, 4) is 0 Å². The molecule has 1 saturated heterocycles. The van der Waals surface area contributed by atoms with Crippen molar-refractivity contribution < 1.29 is 9.59 Å². The molecule has 1 unspecified atom stereocenters. The summed E-state index contributed by atoms with van der Waals surface area (Å²) < 4.78 is 0.378. The first-order valence-corrected chi connectivity index (χ1v) is 12.8. The summed E-state index contributed by atoms with van der Waals surface area (Å²) in [7, 11) is 0. The molecule has 3 aliphatic rings. The lowest BCUT2D eigenvalue weighted by atomic mass is 9.67. The van der Waals surface area contributed by atoms with Crippen LogP contribution in [0.4, 0.5) is 0 Å². The molecule has 2 saturated carbocycles. The number of hydrogen-bond acceptors (Lipinski definition) is 5. The molecular weight excluding hydrogens is 396 g/mol. The Morgan fingerprint density at radius 1 is 1.15 bits per heavy atom. The maximum atomic E-state index is 12.8. The third-order valence-corrected chi connectivity index (χ3v) is 11.8. The predicted octanol–water partition coefficient (Wildman–Crippen LogP) is 4.38. The van der Waals surface area contributed by atoms with Crippen molar-refractivity contribution in [2.45, 2.75) is 56.5 Å². The fourth-order valence-electron chi connectivity index (χ4n) is 5.09. The van der Waals surface area contributed by atoms with E-state index < -0.39 is 0 Å². The van der Waals surface area contributed by atoms with Gasteiger partial charge in [0.2, 0.25) is 5.91 Å². The Labute approximate surface area is 174 Å². The number of carbonyl (C=O) groups excluding carboxylic acids is 2. The van der Waals surface area contributed by atoms with Gasteiger partial charge in [-0.25, -0.2) is 0 Å². The maximum absolute atomic E-state index is 12.8. The predicted molar refractivity (Wildman–Crippen MR) is 115 cm³/mol. The number of aryl methyl sites for hydroxylation is 2. The topological polar surface area (TPSA) is 58.2 Å². The molecule has 2 aliphatic carbocycles. The molecule has 2 heterocycles. The zero-order valence-corrected chi connectivity index (χ0v) is 18.5. The molecule has 4 rings (SSSR count). The quantitative estimate of drug-likeness (QED) is 0.707. The molecule has 2 amide bonds. The molecule has 0 radical (unpaired) electrons. The summed E-state index contributed by atoms with van der Waals surface area (Å²) in [6.07, 6.45) is 6.67. The zero-order chi connectivity index (χ0) is 19.0. The Morgan fingerprint density at radius 2 is 1.81 bits per heavy atom. The molecule has 1 aromatic rings. The summed E-state index contributed by atoms with van der Waals surface area (Å²) in [6, 6.07) is 1.91. The van der Waals surface area contributed by atoms with Crippen molar-refractivity contribution >= 4 is 46.7 Å². The van der Waals surface area contributed by atoms with E-state index in [-0.39, 0.29) is 17.7 Å². The Hall–Kier alpha value is -0.660. The second kappa shape index (κ2) is 7.99. The normalized spacial score (nSPS) is 28.9. The number of hydrogen-bond donors (Lipinski definition) is 2. The fraction of sp³-hybridized carbons (Fsp3) is 0.700. The molecule has 1 aliphatic heterocycles. The summed E-state index contributed by atoms with van der Waals surface area (Å²) in [6.45, 7) is 4.12. The van der Waals surface area contributed by atoms with Crippen LogP contribution < -0.4 is 10.9 Å². The van der Waals surface area contributed by atoms with E-state index in [9.17, 15) is 9.59 Å². The van der Waals surface area contributed by atoms with Crippen molar-refractivity contribution in [2.24, 2.45) is 17.8 Å². The first-order valence-electron chi connectivity index (χ1n) is 10.0. The number of amides is 2. The number of thioether (sulfide) groups is 2. The zero-order valence-electron chi connectivity index (χ0n) is 16.0. The van der Waals surface area contributed by atoms with Gasteiger partial charge >= 0.3 is 0 Å². The minimum atomic E-state index is -0.203. The highest BCUT2D eigenvalue weighted by Gasteiger charge is 2.55. The largest absolute Gasteiger partial charge is 0.279 e. The van der Waals surface area contributed by atoms with Gasteiger partial charge in [-0.1, -0.05) is 13.3 Å². The Balaban J connectivity index is 1.36. The molecule has 27 heavy (non-hydrogen) atoms. The van der Waals surface area contributed by atoms with Gasteiger partial charge in [-0.2, -0.15) is 0 Å². The van der Waals surface area contributed by atoms with E-state index in [2.05, 4.69) is 41.3 Å². The summed E-state index contributed by atoms with van der Waals surface area (Å²) >= 11 is 5.82. The van der Waals surface area contributed by atoms with Crippen LogP contribution in [0, 0.1) is 24.7 Å². The first-order chi connectivity index (χ1) is 13.0. The molecule has 0 aromatic carbocycles. The van der Waals surface area contributed by atoms with Gasteiger partial charge < -0.3 is 0 Å². The Kier molecular flexibility index (Phi) is 5.82. The van der Waals surface area contributed by atoms with E-state index in [0.29, 0.717) is 20.8 Å². The van der Waals surface area contributed by atoms with Gasteiger partial charge in [0.05, 0.1) is 8.96 Å². The first kappa shape index (κ1) is 19.6. The Morgan fingerprint density at radius 3 is 2.41 bits per heavy atom. The van der Waals surface area contributed by atoms with Crippen LogP contribution in [0.2, 0.25) is 0 Å². The van der Waals surface area contributed by atoms with Crippen LogP contribution in [0.1, 0.15) is 59.1 Å². The van der Waals surface area contributed by atoms with Crippen LogP contribution in [-0.4, -0.2) is 27.4 Å². The van der Waals surface area contributed by atoms with Crippen LogP contribution in [0.25, 0.3) is 0 Å². The highest BCUT2D eigenvalue weighted by atomic mass is 32.2. The lowest BCUT2D eigenvalue weighted by molar-refractivity contribution is -0.128. The van der Waals surface area contributed by atoms with Gasteiger partial charge in [-0.3, -0.25) is 20.4 Å². The average Bonchev–Trinajstić information content (AvgIpc) is 3.26. The molecule has 2 N–H and O–H groups in total. The average molecular weight is 425 g/mol.